The summed E-state index contributed by atoms with van der Waals surface area (Å²) in [5, 5.41) is 18.6. The van der Waals surface area contributed by atoms with Crippen molar-refractivity contribution in [3.63, 3.8) is 0 Å². The topological polar surface area (TPSA) is 79.6 Å². The van der Waals surface area contributed by atoms with Gasteiger partial charge in [-0.1, -0.05) is 35.9 Å². The van der Waals surface area contributed by atoms with Crippen LogP contribution in [-0.2, 0) is 0 Å². The fourth-order valence-corrected chi connectivity index (χ4v) is 2.06. The second-order valence-electron chi connectivity index (χ2n) is 4.54. The van der Waals surface area contributed by atoms with Crippen LogP contribution in [0.5, 0.6) is 0 Å². The van der Waals surface area contributed by atoms with Gasteiger partial charge in [0.05, 0.1) is 10.6 Å². The molecule has 2 rings (SSSR count). The minimum Gasteiger partial charge on any atom is -0.326 e. The van der Waals surface area contributed by atoms with Crippen LogP contribution in [0.2, 0.25) is 5.02 Å². The van der Waals surface area contributed by atoms with E-state index in [0.717, 1.165) is 5.56 Å². The molecule has 2 aromatic rings. The number of halogens is 1. The van der Waals surface area contributed by atoms with Crippen molar-refractivity contribution in [1.82, 2.24) is 5.43 Å². The first-order valence-corrected chi connectivity index (χ1v) is 7.36. The average Bonchev–Trinajstić information content (AvgIpc) is 2.53. The number of rotatable bonds is 4. The Balaban J connectivity index is 2.04. The summed E-state index contributed by atoms with van der Waals surface area (Å²) in [6, 6.07) is 13.4. The molecule has 0 bridgehead atoms. The van der Waals surface area contributed by atoms with Crippen molar-refractivity contribution >= 4 is 46.0 Å². The molecule has 0 saturated heterocycles. The highest BCUT2D eigenvalue weighted by Gasteiger charge is 2.12. The van der Waals surface area contributed by atoms with E-state index >= 15 is 0 Å². The number of hydrazone groups is 1. The van der Waals surface area contributed by atoms with Crippen LogP contribution in [0, 0.1) is 10.1 Å². The van der Waals surface area contributed by atoms with E-state index in [0.29, 0.717) is 16.4 Å². The number of nitro benzene ring substituents is 1. The molecule has 0 heterocycles. The molecule has 0 radical (unpaired) electrons. The smallest absolute Gasteiger partial charge is 0.292 e. The maximum Gasteiger partial charge on any atom is 0.292 e. The van der Waals surface area contributed by atoms with Crippen LogP contribution in [0.25, 0.3) is 0 Å². The van der Waals surface area contributed by atoms with Crippen LogP contribution in [0.15, 0.2) is 53.6 Å². The van der Waals surface area contributed by atoms with Crippen LogP contribution in [0.4, 0.5) is 11.4 Å². The highest BCUT2D eigenvalue weighted by Crippen LogP contribution is 2.22. The Labute approximate surface area is 143 Å². The lowest BCUT2D eigenvalue weighted by molar-refractivity contribution is -0.383. The first-order chi connectivity index (χ1) is 11.0. The molecular weight excluding hydrogens is 336 g/mol. The Bertz CT molecular complexity index is 762. The number of para-hydroxylation sites is 2. The Morgan fingerprint density at radius 3 is 2.52 bits per heavy atom. The van der Waals surface area contributed by atoms with Gasteiger partial charge in [-0.25, -0.2) is 0 Å². The van der Waals surface area contributed by atoms with E-state index in [-0.39, 0.29) is 10.8 Å². The number of nitrogens with one attached hydrogen (secondary N) is 2. The van der Waals surface area contributed by atoms with Crippen LogP contribution < -0.4 is 10.7 Å². The molecule has 0 aliphatic heterocycles. The minimum absolute atomic E-state index is 0.0601. The molecule has 23 heavy (non-hydrogen) atoms. The second-order valence-corrected chi connectivity index (χ2v) is 5.39. The summed E-state index contributed by atoms with van der Waals surface area (Å²) in [5.41, 5.74) is 4.49. The third kappa shape index (κ3) is 4.73. The van der Waals surface area contributed by atoms with Gasteiger partial charge in [-0.3, -0.25) is 15.5 Å². The van der Waals surface area contributed by atoms with Gasteiger partial charge in [-0.05, 0) is 42.9 Å². The van der Waals surface area contributed by atoms with Gasteiger partial charge in [0, 0.05) is 11.1 Å². The lowest BCUT2D eigenvalue weighted by atomic mass is 10.1. The van der Waals surface area contributed by atoms with Crippen molar-refractivity contribution in [2.75, 3.05) is 5.32 Å². The van der Waals surface area contributed by atoms with Crippen molar-refractivity contribution in [1.29, 1.82) is 0 Å². The molecule has 6 nitrogen and oxygen atoms in total. The summed E-state index contributed by atoms with van der Waals surface area (Å²) >= 11 is 10.9. The Kier molecular flexibility index (Phi) is 5.61. The number of thiocarbonyl (C=S) groups is 1. The SMILES string of the molecule is C/C(=N/NC(=S)Nc1ccccc1[N+](=O)[O-])c1ccc(Cl)cc1. The monoisotopic (exact) mass is 348 g/mol. The standard InChI is InChI=1S/C15H13ClN4O2S/c1-10(11-6-8-12(16)9-7-11)18-19-15(23)17-13-4-2-3-5-14(13)20(21)22/h2-9H,1H3,(H2,17,19,23)/b18-10-. The van der Waals surface area contributed by atoms with Crippen LogP contribution in [-0.4, -0.2) is 15.7 Å². The summed E-state index contributed by atoms with van der Waals surface area (Å²) in [4.78, 5) is 10.5. The molecule has 0 atom stereocenters. The number of benzene rings is 2. The molecule has 8 heteroatoms. The summed E-state index contributed by atoms with van der Waals surface area (Å²) in [5.74, 6) is 0. The minimum atomic E-state index is -0.479. The van der Waals surface area contributed by atoms with Gasteiger partial charge in [-0.2, -0.15) is 5.10 Å². The number of hydrogen-bond donors (Lipinski definition) is 2. The van der Waals surface area contributed by atoms with E-state index in [4.69, 9.17) is 23.8 Å². The van der Waals surface area contributed by atoms with Gasteiger partial charge in [0.2, 0.25) is 0 Å². The van der Waals surface area contributed by atoms with Crippen LogP contribution >= 0.6 is 23.8 Å². The normalized spacial score (nSPS) is 11.0. The van der Waals surface area contributed by atoms with Gasteiger partial charge in [-0.15, -0.1) is 0 Å². The fraction of sp³-hybridized carbons (Fsp3) is 0.0667. The lowest BCUT2D eigenvalue weighted by Crippen LogP contribution is -2.25. The lowest BCUT2D eigenvalue weighted by Gasteiger charge is -2.08. The zero-order chi connectivity index (χ0) is 16.8. The van der Waals surface area contributed by atoms with E-state index in [1.807, 2.05) is 19.1 Å². The first-order valence-electron chi connectivity index (χ1n) is 6.58. The van der Waals surface area contributed by atoms with E-state index in [1.165, 1.54) is 6.07 Å². The summed E-state index contributed by atoms with van der Waals surface area (Å²) < 4.78 is 0. The van der Waals surface area contributed by atoms with Gasteiger partial charge in [0.15, 0.2) is 5.11 Å². The van der Waals surface area contributed by atoms with Crippen molar-refractivity contribution in [2.45, 2.75) is 6.92 Å². The summed E-state index contributed by atoms with van der Waals surface area (Å²) in [6.07, 6.45) is 0. The van der Waals surface area contributed by atoms with Gasteiger partial charge in [0.25, 0.3) is 5.69 Å². The third-order valence-corrected chi connectivity index (χ3v) is 3.38. The van der Waals surface area contributed by atoms with E-state index in [9.17, 15) is 10.1 Å². The van der Waals surface area contributed by atoms with Crippen molar-refractivity contribution in [2.24, 2.45) is 5.10 Å². The Morgan fingerprint density at radius 1 is 1.22 bits per heavy atom. The third-order valence-electron chi connectivity index (χ3n) is 2.94. The summed E-state index contributed by atoms with van der Waals surface area (Å²) in [7, 11) is 0. The number of anilines is 1. The Hall–Kier alpha value is -2.51. The fourth-order valence-electron chi connectivity index (χ4n) is 1.78. The number of hydrogen-bond acceptors (Lipinski definition) is 4. The largest absolute Gasteiger partial charge is 0.326 e. The van der Waals surface area contributed by atoms with Gasteiger partial charge in [0.1, 0.15) is 5.69 Å². The van der Waals surface area contributed by atoms with Crippen molar-refractivity contribution in [3.8, 4) is 0 Å². The van der Waals surface area contributed by atoms with Gasteiger partial charge >= 0.3 is 0 Å². The predicted octanol–water partition coefficient (Wildman–Crippen LogP) is 3.96. The van der Waals surface area contributed by atoms with E-state index in [1.54, 1.807) is 30.3 Å². The first kappa shape index (κ1) is 16.9. The van der Waals surface area contributed by atoms with E-state index < -0.39 is 4.92 Å². The Morgan fingerprint density at radius 2 is 1.87 bits per heavy atom. The molecule has 0 aliphatic rings. The predicted molar refractivity (Wildman–Crippen MR) is 96.1 cm³/mol. The molecule has 0 unspecified atom stereocenters. The number of nitrogens with zero attached hydrogens (tertiary/aromatic N) is 2. The molecule has 0 fully saturated rings. The average molecular weight is 349 g/mol. The zero-order valence-electron chi connectivity index (χ0n) is 12.1. The number of nitro groups is 1. The second kappa shape index (κ2) is 7.66. The zero-order valence-corrected chi connectivity index (χ0v) is 13.7. The molecule has 0 aliphatic carbocycles. The van der Waals surface area contributed by atoms with E-state index in [2.05, 4.69) is 15.8 Å². The molecule has 0 saturated carbocycles. The highest BCUT2D eigenvalue weighted by atomic mass is 35.5. The highest BCUT2D eigenvalue weighted by molar-refractivity contribution is 7.80. The van der Waals surface area contributed by atoms with Crippen LogP contribution in [0.3, 0.4) is 0 Å². The molecule has 0 amide bonds. The van der Waals surface area contributed by atoms with Crippen molar-refractivity contribution < 1.29 is 4.92 Å². The van der Waals surface area contributed by atoms with Crippen molar-refractivity contribution in [3.05, 3.63) is 69.2 Å². The maximum absolute atomic E-state index is 10.9. The molecule has 2 aromatic carbocycles. The summed E-state index contributed by atoms with van der Waals surface area (Å²) in [6.45, 7) is 1.81. The van der Waals surface area contributed by atoms with Gasteiger partial charge < -0.3 is 5.32 Å². The maximum atomic E-state index is 10.9. The molecular formula is C15H13ClN4O2S. The molecule has 2 N–H and O–H groups in total. The van der Waals surface area contributed by atoms with Crippen LogP contribution in [0.1, 0.15) is 12.5 Å². The quantitative estimate of drug-likeness (QED) is 0.378. The molecule has 0 spiro atoms. The molecule has 118 valence electrons. The molecule has 0 aromatic heterocycles.